The number of aliphatic hydroxyl groups excluding tert-OH is 3. The summed E-state index contributed by atoms with van der Waals surface area (Å²) in [4.78, 5) is 0. The summed E-state index contributed by atoms with van der Waals surface area (Å²) in [5.74, 6) is 0. The smallest absolute Gasteiger partial charge is 0.145 e. The van der Waals surface area contributed by atoms with E-state index >= 15 is 0 Å². The van der Waals surface area contributed by atoms with E-state index in [2.05, 4.69) is 5.32 Å². The van der Waals surface area contributed by atoms with Crippen LogP contribution in [0.1, 0.15) is 6.92 Å². The van der Waals surface area contributed by atoms with Crippen molar-refractivity contribution in [2.24, 2.45) is 0 Å². The minimum Gasteiger partial charge on any atom is -0.388 e. The Hall–Kier alpha value is -0.200. The highest BCUT2D eigenvalue weighted by atomic mass is 16.6. The molecule has 2 aliphatic heterocycles. The summed E-state index contributed by atoms with van der Waals surface area (Å²) in [7, 11) is 0. The molecule has 0 aromatic heterocycles. The van der Waals surface area contributed by atoms with Crippen molar-refractivity contribution in [1.29, 1.82) is 0 Å². The molecular formula is C7H13NO4. The van der Waals surface area contributed by atoms with Crippen molar-refractivity contribution >= 4 is 0 Å². The molecule has 2 rings (SSSR count). The van der Waals surface area contributed by atoms with Crippen LogP contribution in [0, 0.1) is 0 Å². The lowest BCUT2D eigenvalue weighted by Crippen LogP contribution is -2.61. The lowest BCUT2D eigenvalue weighted by atomic mass is 9.95. The van der Waals surface area contributed by atoms with Gasteiger partial charge in [-0.1, -0.05) is 0 Å². The van der Waals surface area contributed by atoms with Gasteiger partial charge in [-0.15, -0.1) is 0 Å². The lowest BCUT2D eigenvalue weighted by molar-refractivity contribution is -0.235. The fourth-order valence-corrected chi connectivity index (χ4v) is 1.80. The third-order valence-corrected chi connectivity index (χ3v) is 2.67. The van der Waals surface area contributed by atoms with Crippen LogP contribution >= 0.6 is 0 Å². The maximum absolute atomic E-state index is 9.50. The first-order chi connectivity index (χ1) is 5.54. The van der Waals surface area contributed by atoms with Gasteiger partial charge in [0.2, 0.25) is 0 Å². The van der Waals surface area contributed by atoms with Crippen LogP contribution in [0.4, 0.5) is 0 Å². The summed E-state index contributed by atoms with van der Waals surface area (Å²) in [6.07, 6.45) is -3.61. The molecule has 5 nitrogen and oxygen atoms in total. The van der Waals surface area contributed by atoms with Gasteiger partial charge in [-0.2, -0.15) is 0 Å². The number of nitrogens with one attached hydrogen (secondary N) is 1. The number of hydrogen-bond donors (Lipinski definition) is 4. The molecule has 2 fully saturated rings. The van der Waals surface area contributed by atoms with Crippen LogP contribution in [0.3, 0.4) is 0 Å². The van der Waals surface area contributed by atoms with Gasteiger partial charge in [0.15, 0.2) is 0 Å². The highest BCUT2D eigenvalue weighted by molar-refractivity contribution is 5.03. The van der Waals surface area contributed by atoms with Crippen LogP contribution in [0.2, 0.25) is 0 Å². The fraction of sp³-hybridized carbons (Fsp3) is 1.00. The molecule has 0 spiro atoms. The number of hydrogen-bond acceptors (Lipinski definition) is 5. The molecule has 70 valence electrons. The molecule has 5 atom stereocenters. The van der Waals surface area contributed by atoms with E-state index in [-0.39, 0.29) is 0 Å². The number of fused-ring (bicyclic) bond motifs is 2. The molecular weight excluding hydrogens is 162 g/mol. The minimum absolute atomic E-state index is 0.409. The van der Waals surface area contributed by atoms with Gasteiger partial charge < -0.3 is 20.1 Å². The maximum atomic E-state index is 9.50. The molecule has 0 radical (unpaired) electrons. The predicted molar refractivity (Wildman–Crippen MR) is 39.3 cm³/mol. The molecule has 0 aliphatic carbocycles. The molecule has 2 saturated heterocycles. The summed E-state index contributed by atoms with van der Waals surface area (Å²) in [5.41, 5.74) is -0.899. The largest absolute Gasteiger partial charge is 0.388 e. The van der Waals surface area contributed by atoms with E-state index in [4.69, 9.17) is 4.74 Å². The first kappa shape index (κ1) is 8.40. The van der Waals surface area contributed by atoms with Crippen molar-refractivity contribution in [3.63, 3.8) is 0 Å². The number of rotatable bonds is 0. The Labute approximate surface area is 70.0 Å². The summed E-state index contributed by atoms with van der Waals surface area (Å²) in [6.45, 7) is 2.12. The zero-order valence-electron chi connectivity index (χ0n) is 6.77. The quantitative estimate of drug-likeness (QED) is 0.335. The predicted octanol–water partition coefficient (Wildman–Crippen LogP) is -2.21. The Morgan fingerprint density at radius 3 is 2.67 bits per heavy atom. The Morgan fingerprint density at radius 1 is 1.33 bits per heavy atom. The van der Waals surface area contributed by atoms with Gasteiger partial charge in [-0.3, -0.25) is 5.32 Å². The summed E-state index contributed by atoms with van der Waals surface area (Å²) < 4.78 is 5.31. The molecule has 0 aromatic carbocycles. The Bertz CT molecular complexity index is 200. The molecule has 0 amide bonds. The monoisotopic (exact) mass is 175 g/mol. The van der Waals surface area contributed by atoms with Gasteiger partial charge in [0.25, 0.3) is 0 Å². The molecule has 0 unspecified atom stereocenters. The first-order valence-electron chi connectivity index (χ1n) is 4.01. The van der Waals surface area contributed by atoms with Crippen molar-refractivity contribution < 1.29 is 20.1 Å². The normalized spacial score (nSPS) is 59.0. The van der Waals surface area contributed by atoms with E-state index in [1.54, 1.807) is 6.92 Å². The van der Waals surface area contributed by atoms with Crippen molar-refractivity contribution in [3.05, 3.63) is 0 Å². The van der Waals surface area contributed by atoms with E-state index in [0.29, 0.717) is 6.54 Å². The summed E-state index contributed by atoms with van der Waals surface area (Å²) in [5, 5.41) is 31.2. The minimum atomic E-state index is -1.12. The van der Waals surface area contributed by atoms with Crippen LogP contribution in [-0.2, 0) is 4.74 Å². The topological polar surface area (TPSA) is 82.0 Å². The molecule has 0 aromatic rings. The average molecular weight is 175 g/mol. The van der Waals surface area contributed by atoms with Gasteiger partial charge in [0.05, 0.1) is 0 Å². The summed E-state index contributed by atoms with van der Waals surface area (Å²) >= 11 is 0. The van der Waals surface area contributed by atoms with Gasteiger partial charge in [-0.25, -0.2) is 0 Å². The lowest BCUT2D eigenvalue weighted by Gasteiger charge is -2.40. The molecule has 2 bridgehead atoms. The van der Waals surface area contributed by atoms with E-state index in [9.17, 15) is 15.3 Å². The molecule has 0 saturated carbocycles. The number of ether oxygens (including phenoxy) is 1. The molecule has 2 aliphatic rings. The Balaban J connectivity index is 2.25. The molecule has 4 N–H and O–H groups in total. The van der Waals surface area contributed by atoms with Crippen LogP contribution < -0.4 is 5.32 Å². The highest BCUT2D eigenvalue weighted by Crippen LogP contribution is 2.31. The maximum Gasteiger partial charge on any atom is 0.145 e. The summed E-state index contributed by atoms with van der Waals surface area (Å²) in [6, 6.07) is 0. The van der Waals surface area contributed by atoms with Crippen molar-refractivity contribution in [2.45, 2.75) is 37.1 Å². The van der Waals surface area contributed by atoms with Gasteiger partial charge in [0.1, 0.15) is 30.1 Å². The second kappa shape index (κ2) is 2.40. The van der Waals surface area contributed by atoms with E-state index in [1.165, 1.54) is 0 Å². The Morgan fingerprint density at radius 2 is 2.00 bits per heavy atom. The van der Waals surface area contributed by atoms with Gasteiger partial charge in [-0.05, 0) is 6.92 Å². The highest BCUT2D eigenvalue weighted by Gasteiger charge is 2.54. The van der Waals surface area contributed by atoms with Crippen LogP contribution in [0.15, 0.2) is 0 Å². The van der Waals surface area contributed by atoms with Crippen LogP contribution in [0.25, 0.3) is 0 Å². The number of aliphatic hydroxyl groups is 3. The van der Waals surface area contributed by atoms with E-state index in [1.807, 2.05) is 0 Å². The van der Waals surface area contributed by atoms with E-state index < -0.39 is 30.1 Å². The molecule has 12 heavy (non-hydrogen) atoms. The van der Waals surface area contributed by atoms with Crippen molar-refractivity contribution in [3.8, 4) is 0 Å². The Kier molecular flexibility index (Phi) is 1.68. The zero-order valence-corrected chi connectivity index (χ0v) is 6.77. The van der Waals surface area contributed by atoms with Crippen molar-refractivity contribution in [1.82, 2.24) is 5.32 Å². The fourth-order valence-electron chi connectivity index (χ4n) is 1.80. The average Bonchev–Trinajstić information content (AvgIpc) is 2.41. The first-order valence-corrected chi connectivity index (χ1v) is 4.01. The van der Waals surface area contributed by atoms with E-state index in [0.717, 1.165) is 0 Å². The third kappa shape index (κ3) is 0.915. The molecule has 2 heterocycles. The zero-order chi connectivity index (χ0) is 8.93. The second-order valence-electron chi connectivity index (χ2n) is 3.57. The third-order valence-electron chi connectivity index (χ3n) is 2.67. The second-order valence-corrected chi connectivity index (χ2v) is 3.57. The van der Waals surface area contributed by atoms with Gasteiger partial charge >= 0.3 is 0 Å². The molecule has 5 heteroatoms. The van der Waals surface area contributed by atoms with Crippen LogP contribution in [0.5, 0.6) is 0 Å². The van der Waals surface area contributed by atoms with Crippen molar-refractivity contribution in [2.75, 3.05) is 6.54 Å². The standard InChI is InChI=1S/C7H13NO4/c1-7-6(11)5(10)4(9)3(12-7)2-8-7/h3-6,8-11H,2H2,1H3/t3-,4+,5-,6-,7-/m0/s1. The van der Waals surface area contributed by atoms with Gasteiger partial charge in [0, 0.05) is 6.54 Å². The SMILES string of the molecule is C[C@]12NC[C@H](O1)[C@@H](O)[C@H](O)[C@@H]2O. The van der Waals surface area contributed by atoms with Crippen LogP contribution in [-0.4, -0.2) is 52.0 Å².